The van der Waals surface area contributed by atoms with E-state index in [2.05, 4.69) is 23.1 Å². The normalized spacial score (nSPS) is 15.7. The van der Waals surface area contributed by atoms with Crippen LogP contribution in [-0.4, -0.2) is 11.7 Å². The number of anilines is 1. The van der Waals surface area contributed by atoms with Gasteiger partial charge in [0.25, 0.3) is 0 Å². The van der Waals surface area contributed by atoms with Gasteiger partial charge in [0.1, 0.15) is 18.1 Å². The zero-order valence-corrected chi connectivity index (χ0v) is 14.5. The van der Waals surface area contributed by atoms with E-state index < -0.39 is 0 Å². The number of phenols is 1. The Labute approximate surface area is 153 Å². The van der Waals surface area contributed by atoms with Gasteiger partial charge in [-0.15, -0.1) is 0 Å². The van der Waals surface area contributed by atoms with E-state index in [1.54, 1.807) is 12.1 Å². The van der Waals surface area contributed by atoms with Crippen LogP contribution in [0, 0.1) is 0 Å². The van der Waals surface area contributed by atoms with Crippen molar-refractivity contribution in [2.75, 3.05) is 11.4 Å². The summed E-state index contributed by atoms with van der Waals surface area (Å²) in [7, 11) is 0. The summed E-state index contributed by atoms with van der Waals surface area (Å²) in [6.07, 6.45) is 0. The van der Waals surface area contributed by atoms with Crippen LogP contribution in [-0.2, 0) is 13.2 Å². The van der Waals surface area contributed by atoms with Crippen LogP contribution in [0.1, 0.15) is 22.7 Å². The Kier molecular flexibility index (Phi) is 4.50. The number of aromatic hydroxyl groups is 1. The van der Waals surface area contributed by atoms with Gasteiger partial charge in [-0.05, 0) is 41.5 Å². The summed E-state index contributed by atoms with van der Waals surface area (Å²) in [5.41, 5.74) is 10.7. The molecule has 3 N–H and O–H groups in total. The predicted octanol–water partition coefficient (Wildman–Crippen LogP) is 3.99. The highest BCUT2D eigenvalue weighted by Gasteiger charge is 2.31. The van der Waals surface area contributed by atoms with Gasteiger partial charge in [-0.3, -0.25) is 0 Å². The smallest absolute Gasteiger partial charge is 0.125 e. The minimum absolute atomic E-state index is 0.106. The summed E-state index contributed by atoms with van der Waals surface area (Å²) in [5.74, 6) is 1.17. The van der Waals surface area contributed by atoms with Crippen molar-refractivity contribution in [3.63, 3.8) is 0 Å². The number of ether oxygens (including phenoxy) is 1. The molecule has 1 aliphatic rings. The zero-order valence-electron chi connectivity index (χ0n) is 14.5. The largest absolute Gasteiger partial charge is 0.508 e. The highest BCUT2D eigenvalue weighted by molar-refractivity contribution is 5.58. The van der Waals surface area contributed by atoms with Gasteiger partial charge in [0.15, 0.2) is 0 Å². The van der Waals surface area contributed by atoms with Crippen molar-refractivity contribution in [3.8, 4) is 11.5 Å². The molecule has 1 aliphatic heterocycles. The third kappa shape index (κ3) is 3.11. The molecule has 1 unspecified atom stereocenters. The maximum atomic E-state index is 9.56. The number of nitrogens with zero attached hydrogens (tertiary/aromatic N) is 1. The SMILES string of the molecule is NCC1c2cccc(OCc3ccccc3)c2CN1c1ccc(O)cc1. The fourth-order valence-electron chi connectivity index (χ4n) is 3.55. The van der Waals surface area contributed by atoms with E-state index in [-0.39, 0.29) is 11.8 Å². The van der Waals surface area contributed by atoms with Gasteiger partial charge in [-0.1, -0.05) is 42.5 Å². The lowest BCUT2D eigenvalue weighted by atomic mass is 10.0. The lowest BCUT2D eigenvalue weighted by Crippen LogP contribution is -2.27. The molecule has 1 heterocycles. The van der Waals surface area contributed by atoms with Crippen molar-refractivity contribution in [1.29, 1.82) is 0 Å². The number of rotatable bonds is 5. The van der Waals surface area contributed by atoms with Crippen LogP contribution < -0.4 is 15.4 Å². The summed E-state index contributed by atoms with van der Waals surface area (Å²) in [6, 6.07) is 23.7. The van der Waals surface area contributed by atoms with Gasteiger partial charge in [0, 0.05) is 24.3 Å². The Bertz CT molecular complexity index is 878. The van der Waals surface area contributed by atoms with Gasteiger partial charge in [-0.2, -0.15) is 0 Å². The molecule has 0 fully saturated rings. The number of nitrogens with two attached hydrogens (primary N) is 1. The Balaban J connectivity index is 1.61. The number of hydrogen-bond acceptors (Lipinski definition) is 4. The molecule has 4 nitrogen and oxygen atoms in total. The number of fused-ring (bicyclic) bond motifs is 1. The van der Waals surface area contributed by atoms with Crippen LogP contribution in [0.3, 0.4) is 0 Å². The van der Waals surface area contributed by atoms with Crippen LogP contribution in [0.5, 0.6) is 11.5 Å². The van der Waals surface area contributed by atoms with E-state index in [9.17, 15) is 5.11 Å². The Hall–Kier alpha value is -2.98. The minimum atomic E-state index is 0.106. The summed E-state index contributed by atoms with van der Waals surface area (Å²) in [5, 5.41) is 9.56. The number of benzene rings is 3. The minimum Gasteiger partial charge on any atom is -0.508 e. The van der Waals surface area contributed by atoms with Crippen LogP contribution in [0.25, 0.3) is 0 Å². The molecule has 0 saturated carbocycles. The molecule has 0 aromatic heterocycles. The maximum absolute atomic E-state index is 9.56. The average molecular weight is 346 g/mol. The molecule has 0 aliphatic carbocycles. The van der Waals surface area contributed by atoms with E-state index >= 15 is 0 Å². The first-order valence-electron chi connectivity index (χ1n) is 8.80. The number of hydrogen-bond donors (Lipinski definition) is 2. The first-order chi connectivity index (χ1) is 12.8. The van der Waals surface area contributed by atoms with Crippen LogP contribution >= 0.6 is 0 Å². The molecule has 0 radical (unpaired) electrons. The Morgan fingerprint density at radius 3 is 2.46 bits per heavy atom. The molecule has 4 rings (SSSR count). The van der Waals surface area contributed by atoms with Gasteiger partial charge in [0.2, 0.25) is 0 Å². The Morgan fingerprint density at radius 2 is 1.73 bits per heavy atom. The van der Waals surface area contributed by atoms with Crippen molar-refractivity contribution < 1.29 is 9.84 Å². The fourth-order valence-corrected chi connectivity index (χ4v) is 3.55. The van der Waals surface area contributed by atoms with Crippen molar-refractivity contribution in [1.82, 2.24) is 0 Å². The molecule has 0 spiro atoms. The van der Waals surface area contributed by atoms with Gasteiger partial charge >= 0.3 is 0 Å². The summed E-state index contributed by atoms with van der Waals surface area (Å²) in [6.45, 7) is 1.81. The Morgan fingerprint density at radius 1 is 0.962 bits per heavy atom. The molecule has 0 amide bonds. The van der Waals surface area contributed by atoms with Gasteiger partial charge in [-0.25, -0.2) is 0 Å². The molecule has 26 heavy (non-hydrogen) atoms. The second-order valence-corrected chi connectivity index (χ2v) is 6.49. The van der Waals surface area contributed by atoms with E-state index in [4.69, 9.17) is 10.5 Å². The molecule has 1 atom stereocenters. The summed E-state index contributed by atoms with van der Waals surface area (Å²) >= 11 is 0. The van der Waals surface area contributed by atoms with Crippen LogP contribution in [0.4, 0.5) is 5.69 Å². The highest BCUT2D eigenvalue weighted by atomic mass is 16.5. The van der Waals surface area contributed by atoms with Crippen molar-refractivity contribution in [2.45, 2.75) is 19.2 Å². The van der Waals surface area contributed by atoms with E-state index in [1.807, 2.05) is 42.5 Å². The topological polar surface area (TPSA) is 58.7 Å². The van der Waals surface area contributed by atoms with Crippen molar-refractivity contribution >= 4 is 5.69 Å². The van der Waals surface area contributed by atoms with Crippen LogP contribution in [0.2, 0.25) is 0 Å². The second-order valence-electron chi connectivity index (χ2n) is 6.49. The van der Waals surface area contributed by atoms with E-state index in [0.29, 0.717) is 13.2 Å². The highest BCUT2D eigenvalue weighted by Crippen LogP contribution is 2.41. The van der Waals surface area contributed by atoms with Gasteiger partial charge in [0.05, 0.1) is 6.04 Å². The monoisotopic (exact) mass is 346 g/mol. The maximum Gasteiger partial charge on any atom is 0.125 e. The lowest BCUT2D eigenvalue weighted by Gasteiger charge is -2.26. The van der Waals surface area contributed by atoms with E-state index in [1.165, 1.54) is 11.1 Å². The quantitative estimate of drug-likeness (QED) is 0.733. The molecular formula is C22H22N2O2. The standard InChI is InChI=1S/C22H22N2O2/c23-13-21-19-7-4-8-22(26-15-16-5-2-1-3-6-16)20(19)14-24(21)17-9-11-18(25)12-10-17/h1-12,21,25H,13-15,23H2. The first-order valence-corrected chi connectivity index (χ1v) is 8.80. The average Bonchev–Trinajstić information content (AvgIpc) is 3.07. The molecule has 0 bridgehead atoms. The predicted molar refractivity (Wildman–Crippen MR) is 103 cm³/mol. The molecule has 4 heteroatoms. The first kappa shape index (κ1) is 16.5. The molecule has 3 aromatic carbocycles. The molecule has 0 saturated heterocycles. The summed E-state index contributed by atoms with van der Waals surface area (Å²) < 4.78 is 6.12. The molecule has 3 aromatic rings. The van der Waals surface area contributed by atoms with Crippen LogP contribution in [0.15, 0.2) is 72.8 Å². The molecule has 132 valence electrons. The number of phenolic OH excluding ortho intramolecular Hbond substituents is 1. The van der Waals surface area contributed by atoms with Crippen molar-refractivity contribution in [3.05, 3.63) is 89.5 Å². The van der Waals surface area contributed by atoms with Gasteiger partial charge < -0.3 is 20.5 Å². The summed E-state index contributed by atoms with van der Waals surface area (Å²) in [4.78, 5) is 2.26. The molecular weight excluding hydrogens is 324 g/mol. The third-order valence-electron chi connectivity index (χ3n) is 4.87. The lowest BCUT2D eigenvalue weighted by molar-refractivity contribution is 0.303. The fraction of sp³-hybridized carbons (Fsp3) is 0.182. The van der Waals surface area contributed by atoms with Crippen molar-refractivity contribution in [2.24, 2.45) is 5.73 Å². The zero-order chi connectivity index (χ0) is 17.9. The third-order valence-corrected chi connectivity index (χ3v) is 4.87. The second kappa shape index (κ2) is 7.10. The van der Waals surface area contributed by atoms with E-state index in [0.717, 1.165) is 23.5 Å².